The number of pyridine rings is 1. The fourth-order valence-electron chi connectivity index (χ4n) is 4.94. The molecule has 7 nitrogen and oxygen atoms in total. The number of carbonyl (C=O) groups excluding carboxylic acids is 2. The molecule has 2 amide bonds. The van der Waals surface area contributed by atoms with Gasteiger partial charge in [-0.2, -0.15) is 17.6 Å². The van der Waals surface area contributed by atoms with Crippen LogP contribution in [0.5, 0.6) is 5.75 Å². The van der Waals surface area contributed by atoms with E-state index in [1.165, 1.54) is 6.07 Å². The molecule has 0 bridgehead atoms. The zero-order chi connectivity index (χ0) is 28.9. The van der Waals surface area contributed by atoms with Crippen LogP contribution < -0.4 is 15.8 Å². The number of aromatic nitrogens is 1. The number of amides is 2. The third-order valence-corrected chi connectivity index (χ3v) is 7.28. The molecule has 0 unspecified atom stereocenters. The van der Waals surface area contributed by atoms with E-state index in [-0.39, 0.29) is 16.9 Å². The molecule has 4 rings (SSSR count). The van der Waals surface area contributed by atoms with Crippen LogP contribution in [-0.2, 0) is 9.53 Å². The van der Waals surface area contributed by atoms with Gasteiger partial charge in [-0.05, 0) is 25.1 Å². The van der Waals surface area contributed by atoms with Gasteiger partial charge in [0.15, 0.2) is 17.2 Å². The summed E-state index contributed by atoms with van der Waals surface area (Å²) in [7, 11) is 0. The number of primary amides is 1. The highest BCUT2D eigenvalue weighted by molar-refractivity contribution is 5.97. The lowest BCUT2D eigenvalue weighted by molar-refractivity contribution is -0.272. The summed E-state index contributed by atoms with van der Waals surface area (Å²) in [5, 5.41) is 2.34. The molecule has 0 radical (unpaired) electrons. The first-order valence-electron chi connectivity index (χ1n) is 11.8. The van der Waals surface area contributed by atoms with Crippen molar-refractivity contribution < 1.29 is 49.8 Å². The number of hydrogen-bond acceptors (Lipinski definition) is 5. The van der Waals surface area contributed by atoms with E-state index in [9.17, 15) is 40.3 Å². The Kier molecular flexibility index (Phi) is 7.30. The van der Waals surface area contributed by atoms with Crippen molar-refractivity contribution in [1.82, 2.24) is 4.98 Å². The topological polar surface area (TPSA) is 104 Å². The van der Waals surface area contributed by atoms with Crippen LogP contribution in [0.2, 0.25) is 0 Å². The van der Waals surface area contributed by atoms with Crippen LogP contribution in [0, 0.1) is 23.5 Å². The largest absolute Gasteiger partial charge is 0.490 e. The van der Waals surface area contributed by atoms with Crippen LogP contribution in [0.1, 0.15) is 48.7 Å². The Morgan fingerprint density at radius 2 is 1.87 bits per heavy atom. The van der Waals surface area contributed by atoms with E-state index < -0.39 is 90.2 Å². The van der Waals surface area contributed by atoms with Gasteiger partial charge < -0.3 is 20.5 Å². The molecule has 2 aromatic rings. The number of alkyl halides is 5. The van der Waals surface area contributed by atoms with Gasteiger partial charge in [0.05, 0.1) is 6.61 Å². The normalized spacial score (nSPS) is 26.6. The molecule has 14 heteroatoms. The lowest BCUT2D eigenvalue weighted by Crippen LogP contribution is -2.47. The Balaban J connectivity index is 1.71. The van der Waals surface area contributed by atoms with Gasteiger partial charge in [0.1, 0.15) is 11.8 Å². The van der Waals surface area contributed by atoms with E-state index in [1.54, 1.807) is 0 Å². The van der Waals surface area contributed by atoms with Crippen molar-refractivity contribution in [3.8, 4) is 5.75 Å². The lowest BCUT2D eigenvalue weighted by atomic mass is 9.76. The average Bonchev–Trinajstić information content (AvgIpc) is 3.10. The van der Waals surface area contributed by atoms with Gasteiger partial charge in [-0.1, -0.05) is 13.0 Å². The molecule has 0 spiro atoms. The molecular weight excluding hydrogens is 539 g/mol. The summed E-state index contributed by atoms with van der Waals surface area (Å²) in [4.78, 5) is 28.4. The van der Waals surface area contributed by atoms with Gasteiger partial charge in [0, 0.05) is 48.0 Å². The summed E-state index contributed by atoms with van der Waals surface area (Å²) in [6.45, 7) is 1.43. The second-order valence-corrected chi connectivity index (χ2v) is 9.96. The number of carbonyl (C=O) groups is 2. The van der Waals surface area contributed by atoms with Crippen LogP contribution >= 0.6 is 0 Å². The standard InChI is InChI=1S/C25H24F7N3O4/c1-11-17(14-3-4-15(26)18(27)19(14)38-10-12-8-24(28,29)9-12)20(39-23(11,2)25(30,31)32)22(37)35-13-5-6-34-16(7-13)21(33)36/h3-7,11-12,17,20H,8-10H2,1-2H3,(H2,33,36)(H,34,35,37)/t11-,17-,20-,23+/m0/s1. The molecule has 1 aromatic heterocycles. The van der Waals surface area contributed by atoms with Crippen molar-refractivity contribution in [2.45, 2.75) is 56.4 Å². The second kappa shape index (κ2) is 9.96. The van der Waals surface area contributed by atoms with Crippen molar-refractivity contribution >= 4 is 17.5 Å². The first-order valence-corrected chi connectivity index (χ1v) is 11.8. The summed E-state index contributed by atoms with van der Waals surface area (Å²) < 4.78 is 109. The van der Waals surface area contributed by atoms with Gasteiger partial charge in [-0.25, -0.2) is 13.2 Å². The minimum Gasteiger partial charge on any atom is -0.490 e. The highest BCUT2D eigenvalue weighted by atomic mass is 19.4. The summed E-state index contributed by atoms with van der Waals surface area (Å²) in [6, 6.07) is 3.99. The predicted molar refractivity (Wildman–Crippen MR) is 122 cm³/mol. The van der Waals surface area contributed by atoms with E-state index in [1.807, 2.05) is 0 Å². The Hall–Kier alpha value is -3.42. The second-order valence-electron chi connectivity index (χ2n) is 9.96. The molecule has 1 aliphatic heterocycles. The number of rotatable bonds is 7. The Morgan fingerprint density at radius 1 is 1.21 bits per heavy atom. The third kappa shape index (κ3) is 5.38. The number of nitrogens with one attached hydrogen (secondary N) is 1. The first-order chi connectivity index (χ1) is 18.0. The Morgan fingerprint density at radius 3 is 2.46 bits per heavy atom. The van der Waals surface area contributed by atoms with Crippen molar-refractivity contribution in [2.75, 3.05) is 11.9 Å². The minimum absolute atomic E-state index is 0.0351. The molecule has 39 heavy (non-hydrogen) atoms. The zero-order valence-electron chi connectivity index (χ0n) is 20.6. The van der Waals surface area contributed by atoms with Crippen molar-refractivity contribution in [1.29, 1.82) is 0 Å². The summed E-state index contributed by atoms with van der Waals surface area (Å²) >= 11 is 0. The van der Waals surface area contributed by atoms with Crippen LogP contribution in [0.25, 0.3) is 0 Å². The average molecular weight is 563 g/mol. The lowest BCUT2D eigenvalue weighted by Gasteiger charge is -2.35. The maximum absolute atomic E-state index is 14.9. The van der Waals surface area contributed by atoms with Crippen molar-refractivity contribution in [2.24, 2.45) is 17.6 Å². The van der Waals surface area contributed by atoms with Crippen molar-refractivity contribution in [3.63, 3.8) is 0 Å². The summed E-state index contributed by atoms with van der Waals surface area (Å²) in [6.07, 6.45) is -6.82. The first kappa shape index (κ1) is 28.6. The van der Waals surface area contributed by atoms with Crippen LogP contribution in [0.4, 0.5) is 36.4 Å². The van der Waals surface area contributed by atoms with Crippen LogP contribution in [0.15, 0.2) is 30.5 Å². The molecule has 3 N–H and O–H groups in total. The summed E-state index contributed by atoms with van der Waals surface area (Å²) in [5.41, 5.74) is 1.71. The highest BCUT2D eigenvalue weighted by Crippen LogP contribution is 2.55. The van der Waals surface area contributed by atoms with Crippen LogP contribution in [0.3, 0.4) is 0 Å². The minimum atomic E-state index is -4.98. The quantitative estimate of drug-likeness (QED) is 0.464. The molecule has 212 valence electrons. The molecular formula is C25H24F7N3O4. The van der Waals surface area contributed by atoms with E-state index in [4.69, 9.17) is 15.2 Å². The van der Waals surface area contributed by atoms with Gasteiger partial charge in [-0.3, -0.25) is 14.6 Å². The van der Waals surface area contributed by atoms with E-state index in [0.29, 0.717) is 6.07 Å². The third-order valence-electron chi connectivity index (χ3n) is 7.28. The molecule has 2 fully saturated rings. The predicted octanol–water partition coefficient (Wildman–Crippen LogP) is 4.96. The van der Waals surface area contributed by atoms with Gasteiger partial charge in [-0.15, -0.1) is 0 Å². The molecule has 1 saturated carbocycles. The molecule has 4 atom stereocenters. The monoisotopic (exact) mass is 563 g/mol. The van der Waals surface area contributed by atoms with Gasteiger partial charge >= 0.3 is 6.18 Å². The fraction of sp³-hybridized carbons (Fsp3) is 0.480. The Bertz CT molecular complexity index is 1280. The maximum Gasteiger partial charge on any atom is 0.417 e. The number of ether oxygens (including phenoxy) is 2. The molecule has 2 heterocycles. The number of benzene rings is 1. The Labute approximate surface area is 217 Å². The molecule has 1 aliphatic carbocycles. The number of nitrogens with zero attached hydrogens (tertiary/aromatic N) is 1. The number of hydrogen-bond donors (Lipinski definition) is 2. The maximum atomic E-state index is 14.9. The number of anilines is 1. The van der Waals surface area contributed by atoms with E-state index >= 15 is 0 Å². The van der Waals surface area contributed by atoms with Gasteiger partial charge in [0.2, 0.25) is 11.7 Å². The molecule has 1 aromatic carbocycles. The van der Waals surface area contributed by atoms with Crippen LogP contribution in [-0.4, -0.2) is 47.2 Å². The molecule has 2 aliphatic rings. The highest BCUT2D eigenvalue weighted by Gasteiger charge is 2.66. The van der Waals surface area contributed by atoms with E-state index in [0.717, 1.165) is 32.2 Å². The van der Waals surface area contributed by atoms with Gasteiger partial charge in [0.25, 0.3) is 11.8 Å². The number of halogens is 7. The van der Waals surface area contributed by atoms with Crippen molar-refractivity contribution in [3.05, 3.63) is 53.4 Å². The SMILES string of the molecule is C[C@H]1[C@@H](c2ccc(F)c(F)c2OCC2CC(F)(F)C2)[C@@H](C(=O)Nc2ccnc(C(N)=O)c2)O[C@@]1(C)C(F)(F)F. The number of nitrogens with two attached hydrogens (primary N) is 1. The molecule has 1 saturated heterocycles. The fourth-order valence-corrected chi connectivity index (χ4v) is 4.94. The van der Waals surface area contributed by atoms with E-state index in [2.05, 4.69) is 10.3 Å². The zero-order valence-corrected chi connectivity index (χ0v) is 20.6. The smallest absolute Gasteiger partial charge is 0.417 e. The summed E-state index contributed by atoms with van der Waals surface area (Å²) in [5.74, 6) is -12.3.